The number of nitrogens with one attached hydrogen (secondary N) is 1. The molecule has 2 fully saturated rings. The van der Waals surface area contributed by atoms with E-state index in [2.05, 4.69) is 5.32 Å². The summed E-state index contributed by atoms with van der Waals surface area (Å²) < 4.78 is 4.96. The molecule has 1 N–H and O–H groups in total. The largest absolute Gasteiger partial charge is 0.466 e. The van der Waals surface area contributed by atoms with Crippen LogP contribution in [0.5, 0.6) is 0 Å². The lowest BCUT2D eigenvalue weighted by molar-refractivity contribution is -0.149. The van der Waals surface area contributed by atoms with Crippen molar-refractivity contribution < 1.29 is 14.3 Å². The zero-order chi connectivity index (χ0) is 11.6. The second-order valence-corrected chi connectivity index (χ2v) is 4.83. The number of carbonyl (C=O) groups is 2. The van der Waals surface area contributed by atoms with E-state index in [1.54, 1.807) is 6.92 Å². The monoisotopic (exact) mass is 225 g/mol. The first-order valence-corrected chi connectivity index (χ1v) is 6.08. The molecular formula is C12H19NO3. The predicted octanol–water partition coefficient (Wildman–Crippen LogP) is 0.898. The van der Waals surface area contributed by atoms with Gasteiger partial charge in [-0.2, -0.15) is 0 Å². The van der Waals surface area contributed by atoms with Crippen molar-refractivity contribution in [3.8, 4) is 0 Å². The van der Waals surface area contributed by atoms with Gasteiger partial charge in [-0.25, -0.2) is 0 Å². The summed E-state index contributed by atoms with van der Waals surface area (Å²) in [6, 6.07) is 0. The van der Waals surface area contributed by atoms with Crippen LogP contribution in [0.1, 0.15) is 32.6 Å². The van der Waals surface area contributed by atoms with Gasteiger partial charge in [0.2, 0.25) is 0 Å². The van der Waals surface area contributed by atoms with Gasteiger partial charge in [-0.3, -0.25) is 9.59 Å². The first-order valence-electron chi connectivity index (χ1n) is 6.08. The Hall–Kier alpha value is -0.900. The van der Waals surface area contributed by atoms with Gasteiger partial charge in [0.05, 0.1) is 18.4 Å². The minimum atomic E-state index is -0.465. The van der Waals surface area contributed by atoms with E-state index in [0.29, 0.717) is 13.2 Å². The third kappa shape index (κ3) is 2.26. The third-order valence-electron chi connectivity index (χ3n) is 3.50. The van der Waals surface area contributed by atoms with Gasteiger partial charge >= 0.3 is 5.97 Å². The number of Topliss-reactive ketones (excluding diaryl/α,β-unsaturated/α-hetero) is 1. The molecule has 2 aliphatic rings. The fourth-order valence-corrected chi connectivity index (χ4v) is 2.46. The van der Waals surface area contributed by atoms with Gasteiger partial charge in [-0.1, -0.05) is 0 Å². The summed E-state index contributed by atoms with van der Waals surface area (Å²) in [7, 11) is 0. The normalized spacial score (nSPS) is 29.1. The topological polar surface area (TPSA) is 55.4 Å². The van der Waals surface area contributed by atoms with Crippen LogP contribution < -0.4 is 5.32 Å². The number of rotatable bonds is 5. The summed E-state index contributed by atoms with van der Waals surface area (Å²) in [5.41, 5.74) is -0.465. The van der Waals surface area contributed by atoms with Gasteiger partial charge in [0.15, 0.2) is 0 Å². The smallest absolute Gasteiger partial charge is 0.306 e. The van der Waals surface area contributed by atoms with E-state index in [9.17, 15) is 9.59 Å². The molecule has 0 amide bonds. The van der Waals surface area contributed by atoms with Gasteiger partial charge in [-0.15, -0.1) is 0 Å². The van der Waals surface area contributed by atoms with E-state index < -0.39 is 5.41 Å². The second kappa shape index (κ2) is 4.53. The molecule has 4 nitrogen and oxygen atoms in total. The Morgan fingerprint density at radius 1 is 1.44 bits per heavy atom. The Morgan fingerprint density at radius 2 is 2.19 bits per heavy atom. The summed E-state index contributed by atoms with van der Waals surface area (Å²) in [6.45, 7) is 3.65. The van der Waals surface area contributed by atoms with Crippen LogP contribution in [0, 0.1) is 11.3 Å². The Morgan fingerprint density at radius 3 is 2.69 bits per heavy atom. The van der Waals surface area contributed by atoms with Crippen molar-refractivity contribution in [2.24, 2.45) is 11.3 Å². The van der Waals surface area contributed by atoms with Gasteiger partial charge < -0.3 is 10.1 Å². The third-order valence-corrected chi connectivity index (χ3v) is 3.50. The Kier molecular flexibility index (Phi) is 3.28. The number of carbonyl (C=O) groups excluding carboxylic acids is 2. The van der Waals surface area contributed by atoms with Crippen LogP contribution >= 0.6 is 0 Å². The Balaban J connectivity index is 2.02. The predicted molar refractivity (Wildman–Crippen MR) is 58.9 cm³/mol. The molecule has 1 heterocycles. The molecule has 16 heavy (non-hydrogen) atoms. The SMILES string of the molecule is CCOC(=O)C[C@@]1(C(=O)C2CC2)CCNC1. The minimum absolute atomic E-state index is 0.217. The summed E-state index contributed by atoms with van der Waals surface area (Å²) >= 11 is 0. The molecule has 0 aromatic carbocycles. The molecule has 1 saturated heterocycles. The van der Waals surface area contributed by atoms with Crippen molar-refractivity contribution in [2.75, 3.05) is 19.7 Å². The van der Waals surface area contributed by atoms with Crippen LogP contribution in [0.25, 0.3) is 0 Å². The van der Waals surface area contributed by atoms with E-state index in [1.165, 1.54) is 0 Å². The van der Waals surface area contributed by atoms with Crippen LogP contribution in [0.15, 0.2) is 0 Å². The van der Waals surface area contributed by atoms with Gasteiger partial charge in [-0.05, 0) is 32.7 Å². The molecule has 0 aromatic heterocycles. The molecule has 1 saturated carbocycles. The molecule has 2 rings (SSSR count). The molecule has 1 aliphatic carbocycles. The summed E-state index contributed by atoms with van der Waals surface area (Å²) in [4.78, 5) is 23.8. The van der Waals surface area contributed by atoms with Crippen LogP contribution in [-0.2, 0) is 14.3 Å². The quantitative estimate of drug-likeness (QED) is 0.706. The molecular weight excluding hydrogens is 206 g/mol. The van der Waals surface area contributed by atoms with E-state index >= 15 is 0 Å². The van der Waals surface area contributed by atoms with E-state index in [-0.39, 0.29) is 24.1 Å². The molecule has 0 bridgehead atoms. The lowest BCUT2D eigenvalue weighted by atomic mass is 9.77. The fourth-order valence-electron chi connectivity index (χ4n) is 2.46. The Labute approximate surface area is 95.7 Å². The first kappa shape index (κ1) is 11.6. The van der Waals surface area contributed by atoms with Gasteiger partial charge in [0, 0.05) is 12.5 Å². The summed E-state index contributed by atoms with van der Waals surface area (Å²) in [5.74, 6) is 0.264. The van der Waals surface area contributed by atoms with Crippen LogP contribution in [0.4, 0.5) is 0 Å². The average molecular weight is 225 g/mol. The number of ether oxygens (including phenoxy) is 1. The highest BCUT2D eigenvalue weighted by Gasteiger charge is 2.48. The van der Waals surface area contributed by atoms with E-state index in [0.717, 1.165) is 25.8 Å². The Bertz CT molecular complexity index is 291. The maximum absolute atomic E-state index is 12.2. The van der Waals surface area contributed by atoms with Gasteiger partial charge in [0.1, 0.15) is 5.78 Å². The number of hydrogen-bond donors (Lipinski definition) is 1. The maximum Gasteiger partial charge on any atom is 0.306 e. The van der Waals surface area contributed by atoms with Crippen LogP contribution in [0.2, 0.25) is 0 Å². The molecule has 0 unspecified atom stereocenters. The lowest BCUT2D eigenvalue weighted by Crippen LogP contribution is -2.37. The molecule has 0 spiro atoms. The standard InChI is InChI=1S/C12H19NO3/c1-2-16-10(14)7-12(5-6-13-8-12)11(15)9-3-4-9/h9,13H,2-8H2,1H3/t12-/m0/s1. The second-order valence-electron chi connectivity index (χ2n) is 4.83. The van der Waals surface area contributed by atoms with Crippen LogP contribution in [0.3, 0.4) is 0 Å². The van der Waals surface area contributed by atoms with Crippen molar-refractivity contribution in [3.63, 3.8) is 0 Å². The van der Waals surface area contributed by atoms with Crippen molar-refractivity contribution in [3.05, 3.63) is 0 Å². The lowest BCUT2D eigenvalue weighted by Gasteiger charge is -2.25. The zero-order valence-corrected chi connectivity index (χ0v) is 9.75. The minimum Gasteiger partial charge on any atom is -0.466 e. The van der Waals surface area contributed by atoms with Crippen molar-refractivity contribution in [2.45, 2.75) is 32.6 Å². The van der Waals surface area contributed by atoms with E-state index in [1.807, 2.05) is 0 Å². The molecule has 1 atom stereocenters. The van der Waals surface area contributed by atoms with Crippen molar-refractivity contribution in [1.82, 2.24) is 5.32 Å². The molecule has 90 valence electrons. The van der Waals surface area contributed by atoms with Crippen molar-refractivity contribution >= 4 is 11.8 Å². The van der Waals surface area contributed by atoms with Crippen molar-refractivity contribution in [1.29, 1.82) is 0 Å². The maximum atomic E-state index is 12.2. The number of esters is 1. The molecule has 0 radical (unpaired) electrons. The average Bonchev–Trinajstić information content (AvgIpc) is 2.99. The fraction of sp³-hybridized carbons (Fsp3) is 0.833. The molecule has 0 aromatic rings. The summed E-state index contributed by atoms with van der Waals surface area (Å²) in [5, 5.41) is 3.20. The molecule has 1 aliphatic heterocycles. The number of hydrogen-bond acceptors (Lipinski definition) is 4. The van der Waals surface area contributed by atoms with E-state index in [4.69, 9.17) is 4.74 Å². The highest BCUT2D eigenvalue weighted by molar-refractivity contribution is 5.92. The summed E-state index contributed by atoms with van der Waals surface area (Å²) in [6.07, 6.45) is 3.04. The number of ketones is 1. The van der Waals surface area contributed by atoms with Gasteiger partial charge in [0.25, 0.3) is 0 Å². The van der Waals surface area contributed by atoms with Crippen LogP contribution in [-0.4, -0.2) is 31.4 Å². The highest BCUT2D eigenvalue weighted by atomic mass is 16.5. The zero-order valence-electron chi connectivity index (χ0n) is 9.75. The first-order chi connectivity index (χ1) is 7.68. The molecule has 4 heteroatoms. The highest BCUT2D eigenvalue weighted by Crippen LogP contribution is 2.42.